The van der Waals surface area contributed by atoms with E-state index in [-0.39, 0.29) is 23.0 Å². The summed E-state index contributed by atoms with van der Waals surface area (Å²) >= 11 is 0. The van der Waals surface area contributed by atoms with Crippen LogP contribution < -0.4 is 14.2 Å². The summed E-state index contributed by atoms with van der Waals surface area (Å²) in [4.78, 5) is 35.1. The molecule has 0 spiro atoms. The number of unbranched alkanes of at least 4 members (excludes halogenated alkanes) is 3. The molecule has 3 aromatic rings. The third kappa shape index (κ3) is 8.97. The van der Waals surface area contributed by atoms with Gasteiger partial charge in [-0.3, -0.25) is 10.1 Å². The molecule has 9 heteroatoms. The number of benzene rings is 3. The maximum absolute atomic E-state index is 12.7. The number of hydrogen-bond donors (Lipinski definition) is 0. The zero-order valence-electron chi connectivity index (χ0n) is 22.7. The predicted molar refractivity (Wildman–Crippen MR) is 151 cm³/mol. The van der Waals surface area contributed by atoms with Gasteiger partial charge in [-0.1, -0.05) is 24.8 Å². The van der Waals surface area contributed by atoms with Crippen molar-refractivity contribution in [1.82, 2.24) is 0 Å². The Balaban J connectivity index is 1.50. The molecule has 0 saturated heterocycles. The zero-order chi connectivity index (χ0) is 28.9. The molecular formula is C31H33NO8. The minimum absolute atomic E-state index is 0.139. The Morgan fingerprint density at radius 3 is 2.05 bits per heavy atom. The fourth-order valence-corrected chi connectivity index (χ4v) is 3.72. The highest BCUT2D eigenvalue weighted by Crippen LogP contribution is 2.33. The van der Waals surface area contributed by atoms with Gasteiger partial charge in [0.25, 0.3) is 0 Å². The topological polar surface area (TPSA) is 114 Å². The molecule has 0 saturated carbocycles. The number of carbonyl (C=O) groups is 2. The van der Waals surface area contributed by atoms with Crippen molar-refractivity contribution < 1.29 is 33.5 Å². The molecular weight excluding hydrogens is 514 g/mol. The first-order valence-corrected chi connectivity index (χ1v) is 13.1. The van der Waals surface area contributed by atoms with Gasteiger partial charge in [0.2, 0.25) is 5.75 Å². The lowest BCUT2D eigenvalue weighted by Crippen LogP contribution is -2.10. The van der Waals surface area contributed by atoms with Crippen molar-refractivity contribution in [2.75, 3.05) is 19.8 Å². The van der Waals surface area contributed by atoms with Gasteiger partial charge >= 0.3 is 17.6 Å². The first-order valence-electron chi connectivity index (χ1n) is 13.1. The van der Waals surface area contributed by atoms with E-state index in [0.29, 0.717) is 42.5 Å². The van der Waals surface area contributed by atoms with Gasteiger partial charge in [0, 0.05) is 11.6 Å². The molecule has 0 aliphatic heterocycles. The van der Waals surface area contributed by atoms with Crippen molar-refractivity contribution in [2.45, 2.75) is 39.5 Å². The first-order chi connectivity index (χ1) is 19.3. The predicted octanol–water partition coefficient (Wildman–Crippen LogP) is 6.94. The van der Waals surface area contributed by atoms with Crippen LogP contribution in [0.1, 0.15) is 49.9 Å². The SMILES string of the molecule is C=C(C)C(=O)OCCCCCCOc1ccc(C(=O)Oc2ccc(-c3ccc(OCC)cc3)cc2[N+](=O)[O-])cc1. The minimum Gasteiger partial charge on any atom is -0.494 e. The van der Waals surface area contributed by atoms with E-state index in [0.717, 1.165) is 31.2 Å². The number of esters is 2. The Labute approximate surface area is 233 Å². The molecule has 40 heavy (non-hydrogen) atoms. The molecule has 0 radical (unpaired) electrons. The molecule has 0 aliphatic carbocycles. The molecule has 3 aromatic carbocycles. The number of nitrogens with zero attached hydrogens (tertiary/aromatic N) is 1. The maximum Gasteiger partial charge on any atom is 0.343 e. The molecule has 0 aromatic heterocycles. The van der Waals surface area contributed by atoms with E-state index < -0.39 is 10.9 Å². The molecule has 0 atom stereocenters. The van der Waals surface area contributed by atoms with Crippen LogP contribution in [0.5, 0.6) is 17.2 Å². The van der Waals surface area contributed by atoms with E-state index in [4.69, 9.17) is 18.9 Å². The van der Waals surface area contributed by atoms with Crippen LogP contribution in [0.25, 0.3) is 11.1 Å². The fraction of sp³-hybridized carbons (Fsp3) is 0.290. The van der Waals surface area contributed by atoms with Gasteiger partial charge < -0.3 is 18.9 Å². The van der Waals surface area contributed by atoms with Crippen LogP contribution in [0.4, 0.5) is 5.69 Å². The van der Waals surface area contributed by atoms with Crippen molar-refractivity contribution in [2.24, 2.45) is 0 Å². The Kier molecular flexibility index (Phi) is 11.3. The number of ether oxygens (including phenoxy) is 4. The number of hydrogen-bond acceptors (Lipinski definition) is 8. The van der Waals surface area contributed by atoms with Gasteiger partial charge in [-0.05, 0) is 93.1 Å². The van der Waals surface area contributed by atoms with Crippen LogP contribution in [0.15, 0.2) is 78.9 Å². The van der Waals surface area contributed by atoms with Gasteiger partial charge in [0.05, 0.1) is 30.3 Å². The molecule has 0 heterocycles. The van der Waals surface area contributed by atoms with Crippen molar-refractivity contribution in [3.05, 3.63) is 94.6 Å². The van der Waals surface area contributed by atoms with Crippen molar-refractivity contribution >= 4 is 17.6 Å². The zero-order valence-corrected chi connectivity index (χ0v) is 22.7. The Bertz CT molecular complexity index is 1320. The molecule has 3 rings (SSSR count). The summed E-state index contributed by atoms with van der Waals surface area (Å²) < 4.78 is 21.6. The van der Waals surface area contributed by atoms with E-state index in [2.05, 4.69) is 6.58 Å². The molecule has 0 unspecified atom stereocenters. The standard InChI is InChI=1S/C31H33NO8/c1-4-37-26-14-9-23(10-15-26)25-13-18-29(28(21-25)32(35)36)40-31(34)24-11-16-27(17-12-24)38-19-7-5-6-8-20-39-30(33)22(2)3/h9-18,21H,2,4-8,19-20H2,1,3H3. The fourth-order valence-electron chi connectivity index (χ4n) is 3.72. The Morgan fingerprint density at radius 2 is 1.43 bits per heavy atom. The van der Waals surface area contributed by atoms with Gasteiger partial charge in [-0.15, -0.1) is 0 Å². The Morgan fingerprint density at radius 1 is 0.825 bits per heavy atom. The smallest absolute Gasteiger partial charge is 0.343 e. The highest BCUT2D eigenvalue weighted by molar-refractivity contribution is 5.92. The van der Waals surface area contributed by atoms with Crippen LogP contribution in [-0.2, 0) is 9.53 Å². The number of nitro benzene ring substituents is 1. The summed E-state index contributed by atoms with van der Waals surface area (Å²) in [5, 5.41) is 11.7. The average Bonchev–Trinajstić information content (AvgIpc) is 2.95. The lowest BCUT2D eigenvalue weighted by Gasteiger charge is -2.09. The Hall–Kier alpha value is -4.66. The lowest BCUT2D eigenvalue weighted by atomic mass is 10.0. The molecule has 210 valence electrons. The first kappa shape index (κ1) is 29.9. The summed E-state index contributed by atoms with van der Waals surface area (Å²) in [6.45, 7) is 8.46. The summed E-state index contributed by atoms with van der Waals surface area (Å²) in [5.74, 6) is 0.0816. The van der Waals surface area contributed by atoms with E-state index in [1.165, 1.54) is 12.1 Å². The maximum atomic E-state index is 12.7. The van der Waals surface area contributed by atoms with E-state index >= 15 is 0 Å². The van der Waals surface area contributed by atoms with Crippen molar-refractivity contribution in [3.8, 4) is 28.4 Å². The molecule has 0 N–H and O–H groups in total. The second kappa shape index (κ2) is 15.1. The summed E-state index contributed by atoms with van der Waals surface area (Å²) in [6, 6.07) is 18.1. The van der Waals surface area contributed by atoms with Crippen LogP contribution in [0.2, 0.25) is 0 Å². The second-order valence-corrected chi connectivity index (χ2v) is 8.99. The van der Waals surface area contributed by atoms with Crippen molar-refractivity contribution in [3.63, 3.8) is 0 Å². The van der Waals surface area contributed by atoms with Crippen LogP contribution >= 0.6 is 0 Å². The second-order valence-electron chi connectivity index (χ2n) is 8.99. The lowest BCUT2D eigenvalue weighted by molar-refractivity contribution is -0.385. The van der Waals surface area contributed by atoms with Crippen LogP contribution in [0.3, 0.4) is 0 Å². The monoisotopic (exact) mass is 547 g/mol. The highest BCUT2D eigenvalue weighted by atomic mass is 16.6. The van der Waals surface area contributed by atoms with Gasteiger partial charge in [0.15, 0.2) is 0 Å². The summed E-state index contributed by atoms with van der Waals surface area (Å²) in [7, 11) is 0. The molecule has 0 fully saturated rings. The highest BCUT2D eigenvalue weighted by Gasteiger charge is 2.20. The van der Waals surface area contributed by atoms with E-state index in [1.807, 2.05) is 19.1 Å². The van der Waals surface area contributed by atoms with Gasteiger partial charge in [-0.25, -0.2) is 9.59 Å². The summed E-state index contributed by atoms with van der Waals surface area (Å²) in [6.07, 6.45) is 3.43. The van der Waals surface area contributed by atoms with Gasteiger partial charge in [0.1, 0.15) is 11.5 Å². The third-order valence-corrected chi connectivity index (χ3v) is 5.84. The van der Waals surface area contributed by atoms with E-state index in [9.17, 15) is 19.7 Å². The quantitative estimate of drug-likeness (QED) is 0.0502. The normalized spacial score (nSPS) is 10.4. The molecule has 0 aliphatic rings. The van der Waals surface area contributed by atoms with Crippen molar-refractivity contribution in [1.29, 1.82) is 0 Å². The summed E-state index contributed by atoms with van der Waals surface area (Å²) in [5.41, 5.74) is 1.70. The largest absolute Gasteiger partial charge is 0.494 e. The van der Waals surface area contributed by atoms with Gasteiger partial charge in [-0.2, -0.15) is 0 Å². The molecule has 9 nitrogen and oxygen atoms in total. The van der Waals surface area contributed by atoms with Crippen LogP contribution in [-0.4, -0.2) is 36.7 Å². The number of carbonyl (C=O) groups excluding carboxylic acids is 2. The minimum atomic E-state index is -0.712. The number of rotatable bonds is 15. The number of nitro groups is 1. The average molecular weight is 548 g/mol. The third-order valence-electron chi connectivity index (χ3n) is 5.84. The molecule has 0 amide bonds. The van der Waals surface area contributed by atoms with Crippen LogP contribution in [0, 0.1) is 10.1 Å². The molecule has 0 bridgehead atoms. The van der Waals surface area contributed by atoms with E-state index in [1.54, 1.807) is 49.4 Å².